The van der Waals surface area contributed by atoms with Crippen LogP contribution in [0.1, 0.15) is 17.2 Å². The number of ether oxygens (including phenoxy) is 1. The summed E-state index contributed by atoms with van der Waals surface area (Å²) in [5.41, 5.74) is 9.42. The summed E-state index contributed by atoms with van der Waals surface area (Å²) in [4.78, 5) is 6.34. The summed E-state index contributed by atoms with van der Waals surface area (Å²) in [6, 6.07) is 6.80. The molecule has 0 aliphatic carbocycles. The van der Waals surface area contributed by atoms with Crippen molar-refractivity contribution >= 4 is 11.7 Å². The van der Waals surface area contributed by atoms with Gasteiger partial charge in [0.05, 0.1) is 6.54 Å². The largest absolute Gasteiger partial charge is 0.455 e. The molecule has 0 bridgehead atoms. The van der Waals surface area contributed by atoms with Gasteiger partial charge in [-0.2, -0.15) is 0 Å². The van der Waals surface area contributed by atoms with E-state index >= 15 is 0 Å². The van der Waals surface area contributed by atoms with Gasteiger partial charge in [0.1, 0.15) is 6.10 Å². The summed E-state index contributed by atoms with van der Waals surface area (Å²) < 4.78 is 5.45. The predicted molar refractivity (Wildman–Crippen MR) is 63.7 cm³/mol. The number of hydrogen-bond acceptors (Lipinski definition) is 4. The molecule has 0 radical (unpaired) electrons. The van der Waals surface area contributed by atoms with Crippen molar-refractivity contribution in [1.82, 2.24) is 0 Å². The first-order chi connectivity index (χ1) is 7.74. The molecule has 1 unspecified atom stereocenters. The number of rotatable bonds is 1. The average Bonchev–Trinajstić information content (AvgIpc) is 2.86. The molecule has 3 rings (SSSR count). The third kappa shape index (κ3) is 1.41. The van der Waals surface area contributed by atoms with Gasteiger partial charge in [-0.1, -0.05) is 6.07 Å². The highest BCUT2D eigenvalue weighted by molar-refractivity contribution is 5.73. The molecule has 2 aliphatic heterocycles. The van der Waals surface area contributed by atoms with Gasteiger partial charge in [-0.15, -0.1) is 0 Å². The Morgan fingerprint density at radius 2 is 2.38 bits per heavy atom. The fourth-order valence-corrected chi connectivity index (χ4v) is 2.35. The molecule has 0 saturated carbocycles. The number of fused-ring (bicyclic) bond motifs is 1. The fourth-order valence-electron chi connectivity index (χ4n) is 2.35. The predicted octanol–water partition coefficient (Wildman–Crippen LogP) is 1.06. The average molecular weight is 217 g/mol. The van der Waals surface area contributed by atoms with Crippen LogP contribution in [0.15, 0.2) is 23.2 Å². The van der Waals surface area contributed by atoms with Crippen LogP contribution in [0.25, 0.3) is 0 Å². The summed E-state index contributed by atoms with van der Waals surface area (Å²) in [6.45, 7) is 1.74. The highest BCUT2D eigenvalue weighted by Crippen LogP contribution is 2.31. The Hall–Kier alpha value is -1.71. The summed E-state index contributed by atoms with van der Waals surface area (Å²) in [6.07, 6.45) is 1.12. The normalized spacial score (nSPS) is 22.9. The van der Waals surface area contributed by atoms with Gasteiger partial charge in [-0.05, 0) is 29.7 Å². The second-order valence-electron chi connectivity index (χ2n) is 4.35. The van der Waals surface area contributed by atoms with Crippen molar-refractivity contribution < 1.29 is 4.74 Å². The standard InChI is InChI=1S/C12H15N3O/c1-15-5-4-8-6-9(2-3-10(8)15)11-7-14-12(13)16-11/h2-3,6,11H,4-5,7H2,1H3,(H2,13,14). The SMILES string of the molecule is CN1CCc2cc(C3CN=C(N)O3)ccc21. The molecule has 2 N–H and O–H groups in total. The van der Waals surface area contributed by atoms with Crippen LogP contribution in [0, 0.1) is 0 Å². The molecule has 2 aliphatic rings. The molecule has 4 nitrogen and oxygen atoms in total. The zero-order valence-corrected chi connectivity index (χ0v) is 9.31. The molecule has 1 aromatic rings. The highest BCUT2D eigenvalue weighted by Gasteiger charge is 2.22. The van der Waals surface area contributed by atoms with E-state index in [2.05, 4.69) is 35.1 Å². The topological polar surface area (TPSA) is 50.8 Å². The smallest absolute Gasteiger partial charge is 0.282 e. The molecular weight excluding hydrogens is 202 g/mol. The molecule has 0 amide bonds. The van der Waals surface area contributed by atoms with E-state index in [0.717, 1.165) is 13.0 Å². The summed E-state index contributed by atoms with van der Waals surface area (Å²) in [5, 5.41) is 0. The summed E-state index contributed by atoms with van der Waals surface area (Å²) in [7, 11) is 2.12. The van der Waals surface area contributed by atoms with Crippen LogP contribution in [0.4, 0.5) is 5.69 Å². The maximum atomic E-state index is 5.52. The molecule has 1 atom stereocenters. The summed E-state index contributed by atoms with van der Waals surface area (Å²) in [5.74, 6) is 0. The molecular formula is C12H15N3O. The lowest BCUT2D eigenvalue weighted by Gasteiger charge is -2.14. The minimum Gasteiger partial charge on any atom is -0.455 e. The van der Waals surface area contributed by atoms with Crippen LogP contribution in [-0.2, 0) is 11.2 Å². The van der Waals surface area contributed by atoms with E-state index < -0.39 is 0 Å². The Labute approximate surface area is 94.7 Å². The number of aliphatic imine (C=N–C) groups is 1. The highest BCUT2D eigenvalue weighted by atomic mass is 16.5. The van der Waals surface area contributed by atoms with Gasteiger partial charge in [-0.25, -0.2) is 4.99 Å². The minimum atomic E-state index is 0.0104. The van der Waals surface area contributed by atoms with Gasteiger partial charge < -0.3 is 15.4 Å². The van der Waals surface area contributed by atoms with E-state index in [0.29, 0.717) is 12.6 Å². The van der Waals surface area contributed by atoms with Gasteiger partial charge >= 0.3 is 0 Å². The maximum Gasteiger partial charge on any atom is 0.282 e. The first kappa shape index (κ1) is 9.51. The third-order valence-corrected chi connectivity index (χ3v) is 3.28. The van der Waals surface area contributed by atoms with Crippen molar-refractivity contribution in [3.8, 4) is 0 Å². The number of nitrogens with zero attached hydrogens (tertiary/aromatic N) is 2. The number of nitrogens with two attached hydrogens (primary N) is 1. The second-order valence-corrected chi connectivity index (χ2v) is 4.35. The second kappa shape index (κ2) is 3.40. The van der Waals surface area contributed by atoms with E-state index in [-0.39, 0.29) is 6.10 Å². The molecule has 0 aromatic heterocycles. The molecule has 4 heteroatoms. The van der Waals surface area contributed by atoms with Crippen molar-refractivity contribution in [2.75, 3.05) is 25.0 Å². The minimum absolute atomic E-state index is 0.0104. The van der Waals surface area contributed by atoms with E-state index in [9.17, 15) is 0 Å². The number of anilines is 1. The molecule has 0 saturated heterocycles. The lowest BCUT2D eigenvalue weighted by Crippen LogP contribution is -2.13. The van der Waals surface area contributed by atoms with Crippen LogP contribution in [0.3, 0.4) is 0 Å². The Bertz CT molecular complexity index is 456. The quantitative estimate of drug-likeness (QED) is 0.765. The van der Waals surface area contributed by atoms with E-state index in [1.807, 2.05) is 0 Å². The first-order valence-electron chi connectivity index (χ1n) is 5.54. The van der Waals surface area contributed by atoms with E-state index in [4.69, 9.17) is 10.5 Å². The Balaban J connectivity index is 1.88. The van der Waals surface area contributed by atoms with Gasteiger partial charge in [0.2, 0.25) is 0 Å². The summed E-state index contributed by atoms with van der Waals surface area (Å²) >= 11 is 0. The van der Waals surface area contributed by atoms with Gasteiger partial charge in [0.15, 0.2) is 0 Å². The van der Waals surface area contributed by atoms with E-state index in [1.165, 1.54) is 16.8 Å². The van der Waals surface area contributed by atoms with Crippen LogP contribution in [-0.4, -0.2) is 26.2 Å². The van der Waals surface area contributed by atoms with Crippen LogP contribution in [0.5, 0.6) is 0 Å². The lowest BCUT2D eigenvalue weighted by molar-refractivity contribution is 0.226. The van der Waals surface area contributed by atoms with E-state index in [1.54, 1.807) is 0 Å². The monoisotopic (exact) mass is 217 g/mol. The Morgan fingerprint density at radius 3 is 3.12 bits per heavy atom. The number of amidine groups is 1. The van der Waals surface area contributed by atoms with Crippen molar-refractivity contribution in [3.63, 3.8) is 0 Å². The molecule has 1 aromatic carbocycles. The zero-order chi connectivity index (χ0) is 11.1. The maximum absolute atomic E-state index is 5.52. The van der Waals surface area contributed by atoms with Crippen LogP contribution in [0.2, 0.25) is 0 Å². The van der Waals surface area contributed by atoms with Crippen LogP contribution >= 0.6 is 0 Å². The number of hydrogen-bond donors (Lipinski definition) is 1. The molecule has 0 fully saturated rings. The lowest BCUT2D eigenvalue weighted by atomic mass is 10.0. The van der Waals surface area contributed by atoms with Gasteiger partial charge in [0.25, 0.3) is 6.02 Å². The molecule has 2 heterocycles. The fraction of sp³-hybridized carbons (Fsp3) is 0.417. The Morgan fingerprint density at radius 1 is 1.50 bits per heavy atom. The Kier molecular flexibility index (Phi) is 2.02. The number of benzene rings is 1. The van der Waals surface area contributed by atoms with Crippen molar-refractivity contribution in [2.24, 2.45) is 10.7 Å². The molecule has 84 valence electrons. The van der Waals surface area contributed by atoms with Gasteiger partial charge in [-0.3, -0.25) is 0 Å². The molecule has 16 heavy (non-hydrogen) atoms. The molecule has 0 spiro atoms. The number of likely N-dealkylation sites (N-methyl/N-ethyl adjacent to an activating group) is 1. The third-order valence-electron chi connectivity index (χ3n) is 3.28. The van der Waals surface area contributed by atoms with Crippen molar-refractivity contribution in [1.29, 1.82) is 0 Å². The van der Waals surface area contributed by atoms with Crippen molar-refractivity contribution in [2.45, 2.75) is 12.5 Å². The van der Waals surface area contributed by atoms with Crippen LogP contribution < -0.4 is 10.6 Å². The van der Waals surface area contributed by atoms with Gasteiger partial charge in [0, 0.05) is 19.3 Å². The van der Waals surface area contributed by atoms with Crippen molar-refractivity contribution in [3.05, 3.63) is 29.3 Å². The first-order valence-corrected chi connectivity index (χ1v) is 5.54. The zero-order valence-electron chi connectivity index (χ0n) is 9.31.